The standard InChI is InChI=1S/C19H19F2N3OS2/c1-10(2)24-8-7-11-14(9-24)27-19(23-17(25)16(20)21)15(11)18-22-12-5-3-4-6-13(12)26-18/h3-6,10,16H,7-9H2,1-2H3,(H,23,25). The van der Waals surface area contributed by atoms with Crippen molar-refractivity contribution in [2.24, 2.45) is 0 Å². The number of anilines is 1. The fourth-order valence-electron chi connectivity index (χ4n) is 3.32. The molecule has 0 atom stereocenters. The van der Waals surface area contributed by atoms with Gasteiger partial charge in [0.25, 0.3) is 5.91 Å². The van der Waals surface area contributed by atoms with Crippen molar-refractivity contribution in [3.63, 3.8) is 0 Å². The molecule has 0 spiro atoms. The smallest absolute Gasteiger partial charge is 0.312 e. The monoisotopic (exact) mass is 407 g/mol. The molecule has 8 heteroatoms. The molecule has 3 heterocycles. The Hall–Kier alpha value is -1.90. The summed E-state index contributed by atoms with van der Waals surface area (Å²) in [4.78, 5) is 19.8. The van der Waals surface area contributed by atoms with Crippen molar-refractivity contribution in [1.29, 1.82) is 0 Å². The molecule has 1 N–H and O–H groups in total. The number of amides is 1. The summed E-state index contributed by atoms with van der Waals surface area (Å²) in [6.07, 6.45) is -2.22. The van der Waals surface area contributed by atoms with Gasteiger partial charge in [-0.25, -0.2) is 4.98 Å². The number of carbonyl (C=O) groups excluding carboxylic acids is 1. The van der Waals surface area contributed by atoms with Crippen molar-refractivity contribution in [1.82, 2.24) is 9.88 Å². The summed E-state index contributed by atoms with van der Waals surface area (Å²) in [5.74, 6) is -1.27. The average Bonchev–Trinajstić information content (AvgIpc) is 3.20. The molecule has 2 aromatic heterocycles. The zero-order valence-electron chi connectivity index (χ0n) is 15.0. The lowest BCUT2D eigenvalue weighted by molar-refractivity contribution is -0.126. The number of aromatic nitrogens is 1. The Morgan fingerprint density at radius 1 is 1.26 bits per heavy atom. The predicted molar refractivity (Wildman–Crippen MR) is 107 cm³/mol. The zero-order chi connectivity index (χ0) is 19.1. The maximum absolute atomic E-state index is 12.8. The summed E-state index contributed by atoms with van der Waals surface area (Å²) in [5, 5.41) is 3.69. The van der Waals surface area contributed by atoms with E-state index >= 15 is 0 Å². The molecule has 0 aliphatic carbocycles. The molecule has 4 rings (SSSR count). The fraction of sp³-hybridized carbons (Fsp3) is 0.368. The highest BCUT2D eigenvalue weighted by Crippen LogP contribution is 2.45. The van der Waals surface area contributed by atoms with Gasteiger partial charge in [0.1, 0.15) is 10.0 Å². The van der Waals surface area contributed by atoms with Crippen LogP contribution in [-0.4, -0.2) is 34.8 Å². The van der Waals surface area contributed by atoms with E-state index in [1.165, 1.54) is 22.7 Å². The van der Waals surface area contributed by atoms with Gasteiger partial charge in [-0.2, -0.15) is 8.78 Å². The zero-order valence-corrected chi connectivity index (χ0v) is 16.6. The van der Waals surface area contributed by atoms with Crippen LogP contribution in [-0.2, 0) is 17.8 Å². The molecule has 4 nitrogen and oxygen atoms in total. The van der Waals surface area contributed by atoms with Gasteiger partial charge in [-0.3, -0.25) is 9.69 Å². The van der Waals surface area contributed by atoms with Crippen LogP contribution in [0, 0.1) is 0 Å². The molecule has 27 heavy (non-hydrogen) atoms. The van der Waals surface area contributed by atoms with Crippen LogP contribution in [0.4, 0.5) is 13.8 Å². The third-order valence-corrected chi connectivity index (χ3v) is 6.95. The number of hydrogen-bond donors (Lipinski definition) is 1. The number of hydrogen-bond acceptors (Lipinski definition) is 5. The van der Waals surface area contributed by atoms with Crippen molar-refractivity contribution < 1.29 is 13.6 Å². The van der Waals surface area contributed by atoms with Gasteiger partial charge in [0, 0.05) is 29.6 Å². The van der Waals surface area contributed by atoms with Crippen LogP contribution < -0.4 is 5.32 Å². The first-order valence-corrected chi connectivity index (χ1v) is 10.4. The van der Waals surface area contributed by atoms with Crippen molar-refractivity contribution in [2.45, 2.75) is 39.3 Å². The Morgan fingerprint density at radius 3 is 2.74 bits per heavy atom. The normalized spacial score (nSPS) is 14.9. The number of nitrogens with zero attached hydrogens (tertiary/aromatic N) is 2. The van der Waals surface area contributed by atoms with Gasteiger partial charge in [-0.05, 0) is 38.0 Å². The molecule has 0 saturated heterocycles. The quantitative estimate of drug-likeness (QED) is 0.662. The second kappa shape index (κ2) is 7.26. The SMILES string of the molecule is CC(C)N1CCc2c(sc(NC(=O)C(F)F)c2-c2nc3ccccc3s2)C1. The minimum atomic E-state index is -3.04. The largest absolute Gasteiger partial charge is 0.315 e. The molecule has 1 aliphatic heterocycles. The third-order valence-electron chi connectivity index (χ3n) is 4.76. The summed E-state index contributed by atoms with van der Waals surface area (Å²) in [6, 6.07) is 8.21. The average molecular weight is 408 g/mol. The van der Waals surface area contributed by atoms with Crippen molar-refractivity contribution in [3.8, 4) is 10.6 Å². The van der Waals surface area contributed by atoms with Gasteiger partial charge in [0.15, 0.2) is 0 Å². The number of halogens is 2. The van der Waals surface area contributed by atoms with Gasteiger partial charge in [0.05, 0.1) is 10.2 Å². The molecular weight excluding hydrogens is 388 g/mol. The number of carbonyl (C=O) groups is 1. The molecule has 1 aliphatic rings. The van der Waals surface area contributed by atoms with E-state index in [4.69, 9.17) is 4.98 Å². The Labute approximate surface area is 163 Å². The van der Waals surface area contributed by atoms with E-state index in [1.807, 2.05) is 24.3 Å². The number of rotatable bonds is 4. The second-order valence-corrected chi connectivity index (χ2v) is 8.93. The number of benzene rings is 1. The predicted octanol–water partition coefficient (Wildman–Crippen LogP) is 4.99. The fourth-order valence-corrected chi connectivity index (χ4v) is 5.71. The Bertz CT molecular complexity index is 963. The lowest BCUT2D eigenvalue weighted by Gasteiger charge is -2.30. The van der Waals surface area contributed by atoms with Crippen molar-refractivity contribution >= 4 is 43.8 Å². The van der Waals surface area contributed by atoms with Gasteiger partial charge in [-0.1, -0.05) is 12.1 Å². The summed E-state index contributed by atoms with van der Waals surface area (Å²) >= 11 is 2.92. The summed E-state index contributed by atoms with van der Waals surface area (Å²) in [7, 11) is 0. The van der Waals surface area contributed by atoms with Crippen molar-refractivity contribution in [2.75, 3.05) is 11.9 Å². The first-order valence-electron chi connectivity index (χ1n) is 8.77. The third kappa shape index (κ3) is 3.49. The van der Waals surface area contributed by atoms with Crippen LogP contribution in [0.5, 0.6) is 0 Å². The van der Waals surface area contributed by atoms with E-state index in [-0.39, 0.29) is 0 Å². The van der Waals surface area contributed by atoms with E-state index in [2.05, 4.69) is 24.1 Å². The molecule has 0 unspecified atom stereocenters. The number of thiazole rings is 1. The van der Waals surface area contributed by atoms with Gasteiger partial charge < -0.3 is 5.32 Å². The number of thiophene rings is 1. The second-order valence-electron chi connectivity index (χ2n) is 6.80. The first-order chi connectivity index (χ1) is 12.9. The van der Waals surface area contributed by atoms with Gasteiger partial charge in [-0.15, -0.1) is 22.7 Å². The van der Waals surface area contributed by atoms with Crippen LogP contribution >= 0.6 is 22.7 Å². The Balaban J connectivity index is 1.81. The Morgan fingerprint density at radius 2 is 2.04 bits per heavy atom. The highest BCUT2D eigenvalue weighted by molar-refractivity contribution is 7.22. The minimum Gasteiger partial charge on any atom is -0.312 e. The van der Waals surface area contributed by atoms with Crippen LogP contribution in [0.15, 0.2) is 24.3 Å². The van der Waals surface area contributed by atoms with Crippen molar-refractivity contribution in [3.05, 3.63) is 34.7 Å². The minimum absolute atomic E-state index is 0.408. The molecule has 142 valence electrons. The number of para-hydroxylation sites is 1. The van der Waals surface area contributed by atoms with Crippen LogP contribution in [0.2, 0.25) is 0 Å². The highest BCUT2D eigenvalue weighted by Gasteiger charge is 2.29. The molecular formula is C19H19F2N3OS2. The van der Waals surface area contributed by atoms with Gasteiger partial charge >= 0.3 is 6.43 Å². The molecule has 0 bridgehead atoms. The van der Waals surface area contributed by atoms with E-state index in [0.29, 0.717) is 11.0 Å². The van der Waals surface area contributed by atoms with Crippen LogP contribution in [0.3, 0.4) is 0 Å². The Kier molecular flexibility index (Phi) is 4.96. The first kappa shape index (κ1) is 18.5. The van der Waals surface area contributed by atoms with E-state index < -0.39 is 12.3 Å². The number of alkyl halides is 2. The molecule has 0 radical (unpaired) electrons. The highest BCUT2D eigenvalue weighted by atomic mass is 32.1. The van der Waals surface area contributed by atoms with Crippen LogP contribution in [0.25, 0.3) is 20.8 Å². The topological polar surface area (TPSA) is 45.2 Å². The molecule has 0 saturated carbocycles. The van der Waals surface area contributed by atoms with E-state index in [1.54, 1.807) is 0 Å². The number of fused-ring (bicyclic) bond motifs is 2. The summed E-state index contributed by atoms with van der Waals surface area (Å²) in [6.45, 7) is 5.96. The van der Waals surface area contributed by atoms with Crippen LogP contribution in [0.1, 0.15) is 24.3 Å². The summed E-state index contributed by atoms with van der Waals surface area (Å²) < 4.78 is 26.7. The number of nitrogens with one attached hydrogen (secondary N) is 1. The van der Waals surface area contributed by atoms with E-state index in [0.717, 1.165) is 50.7 Å². The lowest BCUT2D eigenvalue weighted by Crippen LogP contribution is -2.35. The maximum atomic E-state index is 12.8. The summed E-state index contributed by atoms with van der Waals surface area (Å²) in [5.41, 5.74) is 2.82. The van der Waals surface area contributed by atoms with Gasteiger partial charge in [0.2, 0.25) is 0 Å². The van der Waals surface area contributed by atoms with E-state index in [9.17, 15) is 13.6 Å². The molecule has 1 amide bonds. The lowest BCUT2D eigenvalue weighted by atomic mass is 10.0. The molecule has 1 aromatic carbocycles. The molecule has 3 aromatic rings. The maximum Gasteiger partial charge on any atom is 0.315 e. The molecule has 0 fully saturated rings.